The number of hydrogen-bond donors (Lipinski definition) is 0. The summed E-state index contributed by atoms with van der Waals surface area (Å²) < 4.78 is 33.1. The van der Waals surface area contributed by atoms with Gasteiger partial charge < -0.3 is 4.74 Å². The SMILES string of the molecule is COC(=O)C1N(Cc2ccccc2)CC(F)(F)C1(C)C. The molecule has 0 amide bonds. The number of halogens is 2. The van der Waals surface area contributed by atoms with Crippen molar-refractivity contribution in [2.24, 2.45) is 5.41 Å². The third-order valence-corrected chi connectivity index (χ3v) is 4.05. The Hall–Kier alpha value is -1.49. The lowest BCUT2D eigenvalue weighted by Crippen LogP contribution is -2.46. The van der Waals surface area contributed by atoms with Gasteiger partial charge in [0.05, 0.1) is 19.1 Å². The molecule has 1 heterocycles. The summed E-state index contributed by atoms with van der Waals surface area (Å²) in [6.45, 7) is 2.70. The fourth-order valence-corrected chi connectivity index (χ4v) is 2.73. The molecule has 0 aliphatic carbocycles. The van der Waals surface area contributed by atoms with Crippen LogP contribution in [0, 0.1) is 5.41 Å². The first-order chi connectivity index (χ1) is 9.29. The predicted molar refractivity (Wildman–Crippen MR) is 71.4 cm³/mol. The van der Waals surface area contributed by atoms with Crippen molar-refractivity contribution in [1.82, 2.24) is 4.90 Å². The van der Waals surface area contributed by atoms with Crippen LogP contribution in [0.4, 0.5) is 8.78 Å². The van der Waals surface area contributed by atoms with Gasteiger partial charge in [-0.25, -0.2) is 8.78 Å². The van der Waals surface area contributed by atoms with Crippen LogP contribution in [0.25, 0.3) is 0 Å². The van der Waals surface area contributed by atoms with Gasteiger partial charge in [-0.3, -0.25) is 9.69 Å². The van der Waals surface area contributed by atoms with Crippen molar-refractivity contribution in [2.45, 2.75) is 32.4 Å². The average molecular weight is 283 g/mol. The number of likely N-dealkylation sites (tertiary alicyclic amines) is 1. The van der Waals surface area contributed by atoms with Crippen molar-refractivity contribution < 1.29 is 18.3 Å². The van der Waals surface area contributed by atoms with Gasteiger partial charge in [0.25, 0.3) is 5.92 Å². The van der Waals surface area contributed by atoms with Crippen molar-refractivity contribution >= 4 is 5.97 Å². The van der Waals surface area contributed by atoms with E-state index in [2.05, 4.69) is 0 Å². The molecule has 1 aromatic carbocycles. The molecule has 1 unspecified atom stereocenters. The van der Waals surface area contributed by atoms with Gasteiger partial charge in [0.1, 0.15) is 6.04 Å². The van der Waals surface area contributed by atoms with Gasteiger partial charge in [0.2, 0.25) is 0 Å². The van der Waals surface area contributed by atoms with E-state index in [-0.39, 0.29) is 0 Å². The first-order valence-electron chi connectivity index (χ1n) is 6.53. The Kier molecular flexibility index (Phi) is 3.82. The third kappa shape index (κ3) is 2.42. The molecule has 20 heavy (non-hydrogen) atoms. The molecule has 1 saturated heterocycles. The highest BCUT2D eigenvalue weighted by Crippen LogP contribution is 2.48. The molecule has 1 aliphatic heterocycles. The van der Waals surface area contributed by atoms with Crippen LogP contribution >= 0.6 is 0 Å². The zero-order valence-corrected chi connectivity index (χ0v) is 11.9. The summed E-state index contributed by atoms with van der Waals surface area (Å²) >= 11 is 0. The summed E-state index contributed by atoms with van der Waals surface area (Å²) in [7, 11) is 1.23. The largest absolute Gasteiger partial charge is 0.468 e. The summed E-state index contributed by atoms with van der Waals surface area (Å²) in [6.07, 6.45) is 0. The molecule has 1 aromatic rings. The maximum absolute atomic E-state index is 14.2. The quantitative estimate of drug-likeness (QED) is 0.799. The number of nitrogens with zero attached hydrogens (tertiary/aromatic N) is 1. The van der Waals surface area contributed by atoms with Gasteiger partial charge in [-0.1, -0.05) is 44.2 Å². The molecule has 0 radical (unpaired) electrons. The van der Waals surface area contributed by atoms with Crippen molar-refractivity contribution in [2.75, 3.05) is 13.7 Å². The zero-order chi connectivity index (χ0) is 15.0. The second-order valence-corrected chi connectivity index (χ2v) is 5.74. The van der Waals surface area contributed by atoms with Crippen molar-refractivity contribution in [3.05, 3.63) is 35.9 Å². The fraction of sp³-hybridized carbons (Fsp3) is 0.533. The fourth-order valence-electron chi connectivity index (χ4n) is 2.73. The topological polar surface area (TPSA) is 29.5 Å². The van der Waals surface area contributed by atoms with Crippen molar-refractivity contribution in [3.63, 3.8) is 0 Å². The Morgan fingerprint density at radius 3 is 2.50 bits per heavy atom. The van der Waals surface area contributed by atoms with Gasteiger partial charge >= 0.3 is 5.97 Å². The van der Waals surface area contributed by atoms with E-state index in [0.717, 1.165) is 5.56 Å². The summed E-state index contributed by atoms with van der Waals surface area (Å²) in [5.41, 5.74) is -0.551. The number of carbonyl (C=O) groups excluding carboxylic acids is 1. The van der Waals surface area contributed by atoms with E-state index in [4.69, 9.17) is 4.74 Å². The summed E-state index contributed by atoms with van der Waals surface area (Å²) in [5.74, 6) is -3.54. The Labute approximate surface area is 117 Å². The lowest BCUT2D eigenvalue weighted by Gasteiger charge is -2.31. The number of carbonyl (C=O) groups is 1. The molecular weight excluding hydrogens is 264 g/mol. The first kappa shape index (κ1) is 14.9. The molecule has 5 heteroatoms. The van der Waals surface area contributed by atoms with E-state index in [1.165, 1.54) is 25.9 Å². The van der Waals surface area contributed by atoms with E-state index < -0.39 is 29.9 Å². The molecule has 0 saturated carbocycles. The lowest BCUT2D eigenvalue weighted by atomic mass is 9.81. The second kappa shape index (κ2) is 5.13. The normalized spacial score (nSPS) is 24.6. The van der Waals surface area contributed by atoms with Crippen molar-refractivity contribution in [3.8, 4) is 0 Å². The minimum atomic E-state index is -2.93. The Morgan fingerprint density at radius 2 is 1.95 bits per heavy atom. The van der Waals surface area contributed by atoms with Crippen LogP contribution in [-0.4, -0.2) is 36.5 Å². The third-order valence-electron chi connectivity index (χ3n) is 4.05. The van der Waals surface area contributed by atoms with E-state index in [1.807, 2.05) is 30.3 Å². The van der Waals surface area contributed by atoms with Crippen LogP contribution < -0.4 is 0 Å². The molecule has 0 spiro atoms. The average Bonchev–Trinajstić information content (AvgIpc) is 2.55. The molecule has 0 aromatic heterocycles. The molecular formula is C15H19F2NO2. The van der Waals surface area contributed by atoms with Gasteiger partial charge in [-0.2, -0.15) is 0 Å². The number of ether oxygens (including phenoxy) is 1. The molecule has 1 atom stereocenters. The zero-order valence-electron chi connectivity index (χ0n) is 11.9. The molecule has 1 fully saturated rings. The molecule has 0 bridgehead atoms. The smallest absolute Gasteiger partial charge is 0.323 e. The van der Waals surface area contributed by atoms with Crippen LogP contribution in [0.3, 0.4) is 0 Å². The number of esters is 1. The monoisotopic (exact) mass is 283 g/mol. The standard InChI is InChI=1S/C15H19F2NO2/c1-14(2)12(13(19)20-3)18(10-15(14,16)17)9-11-7-5-4-6-8-11/h4-8,12H,9-10H2,1-3H3. The number of methoxy groups -OCH3 is 1. The van der Waals surface area contributed by atoms with Crippen LogP contribution in [0.1, 0.15) is 19.4 Å². The van der Waals surface area contributed by atoms with Crippen LogP contribution in [0.5, 0.6) is 0 Å². The number of hydrogen-bond acceptors (Lipinski definition) is 3. The van der Waals surface area contributed by atoms with Gasteiger partial charge in [-0.05, 0) is 5.56 Å². The molecule has 3 nitrogen and oxygen atoms in total. The Balaban J connectivity index is 2.29. The van der Waals surface area contributed by atoms with Crippen LogP contribution in [0.15, 0.2) is 30.3 Å². The minimum Gasteiger partial charge on any atom is -0.468 e. The van der Waals surface area contributed by atoms with Gasteiger partial charge in [-0.15, -0.1) is 0 Å². The first-order valence-corrected chi connectivity index (χ1v) is 6.53. The van der Waals surface area contributed by atoms with Crippen LogP contribution in [0.2, 0.25) is 0 Å². The highest BCUT2D eigenvalue weighted by molar-refractivity contribution is 5.77. The maximum Gasteiger partial charge on any atom is 0.323 e. The van der Waals surface area contributed by atoms with Gasteiger partial charge in [0.15, 0.2) is 0 Å². The Bertz CT molecular complexity index is 488. The number of benzene rings is 1. The van der Waals surface area contributed by atoms with E-state index in [0.29, 0.717) is 6.54 Å². The van der Waals surface area contributed by atoms with Crippen LogP contribution in [-0.2, 0) is 16.1 Å². The van der Waals surface area contributed by atoms with Gasteiger partial charge in [0, 0.05) is 6.54 Å². The predicted octanol–water partition coefficient (Wildman–Crippen LogP) is 2.71. The van der Waals surface area contributed by atoms with Crippen molar-refractivity contribution in [1.29, 1.82) is 0 Å². The highest BCUT2D eigenvalue weighted by atomic mass is 19.3. The van der Waals surface area contributed by atoms with E-state index in [1.54, 1.807) is 0 Å². The summed E-state index contributed by atoms with van der Waals surface area (Å²) in [4.78, 5) is 13.4. The highest BCUT2D eigenvalue weighted by Gasteiger charge is 2.63. The van der Waals surface area contributed by atoms with E-state index in [9.17, 15) is 13.6 Å². The minimum absolute atomic E-state index is 0.305. The van der Waals surface area contributed by atoms with E-state index >= 15 is 0 Å². The molecule has 0 N–H and O–H groups in total. The number of alkyl halides is 2. The lowest BCUT2D eigenvalue weighted by molar-refractivity contribution is -0.153. The molecule has 110 valence electrons. The second-order valence-electron chi connectivity index (χ2n) is 5.74. The maximum atomic E-state index is 14.2. The molecule has 1 aliphatic rings. The summed E-state index contributed by atoms with van der Waals surface area (Å²) in [5, 5.41) is 0. The number of rotatable bonds is 3. The summed E-state index contributed by atoms with van der Waals surface area (Å²) in [6, 6.07) is 8.34. The molecule has 2 rings (SSSR count). The Morgan fingerprint density at radius 1 is 1.35 bits per heavy atom.